The van der Waals surface area contributed by atoms with Gasteiger partial charge in [-0.15, -0.1) is 0 Å². The summed E-state index contributed by atoms with van der Waals surface area (Å²) >= 11 is 5.91. The number of carbonyl (C=O) groups is 1. The van der Waals surface area contributed by atoms with Gasteiger partial charge in [-0.3, -0.25) is 4.79 Å². The molecule has 3 N–H and O–H groups in total. The minimum absolute atomic E-state index is 0.0463. The second kappa shape index (κ2) is 7.47. The minimum atomic E-state index is -3.58. The van der Waals surface area contributed by atoms with E-state index in [2.05, 4.69) is 4.72 Å². The van der Waals surface area contributed by atoms with Crippen LogP contribution in [0.1, 0.15) is 19.8 Å². The summed E-state index contributed by atoms with van der Waals surface area (Å²) in [7, 11) is -3.58. The molecular weight excluding hydrogens is 304 g/mol. The first-order chi connectivity index (χ1) is 9.36. The van der Waals surface area contributed by atoms with Crippen molar-refractivity contribution in [1.82, 2.24) is 4.72 Å². The molecule has 112 valence electrons. The lowest BCUT2D eigenvalue weighted by Crippen LogP contribution is -2.24. The number of carbonyl (C=O) groups excluding carboxylic acids is 1. The van der Waals surface area contributed by atoms with Crippen LogP contribution < -0.4 is 15.2 Å². The quantitative estimate of drug-likeness (QED) is 0.705. The Hall–Kier alpha value is -1.31. The number of primary amides is 1. The lowest BCUT2D eigenvalue weighted by molar-refractivity contribution is -0.119. The van der Waals surface area contributed by atoms with E-state index in [1.165, 1.54) is 18.2 Å². The molecule has 1 aromatic carbocycles. The van der Waals surface area contributed by atoms with Crippen molar-refractivity contribution in [3.63, 3.8) is 0 Å². The number of sulfonamides is 1. The van der Waals surface area contributed by atoms with E-state index in [0.29, 0.717) is 6.54 Å². The minimum Gasteiger partial charge on any atom is -0.482 e. The molecule has 0 atom stereocenters. The molecule has 0 aromatic heterocycles. The SMILES string of the molecule is CCCCNS(=O)(=O)c1ccc(OCC(N)=O)c(Cl)c1. The zero-order valence-electron chi connectivity index (χ0n) is 11.1. The number of unbranched alkanes of at least 4 members (excludes halogenated alkanes) is 1. The predicted molar refractivity (Wildman–Crippen MR) is 76.2 cm³/mol. The van der Waals surface area contributed by atoms with Crippen LogP contribution in [-0.2, 0) is 14.8 Å². The van der Waals surface area contributed by atoms with Gasteiger partial charge in [0.25, 0.3) is 5.91 Å². The monoisotopic (exact) mass is 320 g/mol. The molecule has 0 heterocycles. The number of amides is 1. The van der Waals surface area contributed by atoms with Gasteiger partial charge < -0.3 is 10.5 Å². The summed E-state index contributed by atoms with van der Waals surface area (Å²) in [5.74, 6) is -0.433. The van der Waals surface area contributed by atoms with Crippen LogP contribution >= 0.6 is 11.6 Å². The summed E-state index contributed by atoms with van der Waals surface area (Å²) < 4.78 is 31.4. The highest BCUT2D eigenvalue weighted by Crippen LogP contribution is 2.27. The van der Waals surface area contributed by atoms with Crippen LogP contribution in [0.15, 0.2) is 23.1 Å². The molecule has 1 rings (SSSR count). The van der Waals surface area contributed by atoms with Gasteiger partial charge >= 0.3 is 0 Å². The summed E-state index contributed by atoms with van der Waals surface area (Å²) in [5.41, 5.74) is 4.94. The molecule has 0 spiro atoms. The van der Waals surface area contributed by atoms with Gasteiger partial charge in [-0.25, -0.2) is 13.1 Å². The van der Waals surface area contributed by atoms with E-state index >= 15 is 0 Å². The number of nitrogens with two attached hydrogens (primary N) is 1. The van der Waals surface area contributed by atoms with Gasteiger partial charge in [0.15, 0.2) is 6.61 Å². The number of ether oxygens (including phenoxy) is 1. The van der Waals surface area contributed by atoms with Gasteiger partial charge in [0, 0.05) is 6.54 Å². The zero-order valence-corrected chi connectivity index (χ0v) is 12.6. The first kappa shape index (κ1) is 16.7. The molecule has 6 nitrogen and oxygen atoms in total. The molecule has 0 radical (unpaired) electrons. The van der Waals surface area contributed by atoms with E-state index in [1.54, 1.807) is 0 Å². The molecular formula is C12H17ClN2O4S. The van der Waals surface area contributed by atoms with Crippen LogP contribution in [0.25, 0.3) is 0 Å². The third-order valence-corrected chi connectivity index (χ3v) is 4.16. The maximum absolute atomic E-state index is 12.0. The lowest BCUT2D eigenvalue weighted by Gasteiger charge is -2.09. The molecule has 0 saturated carbocycles. The Labute approximate surface area is 123 Å². The van der Waals surface area contributed by atoms with Gasteiger partial charge in [0.2, 0.25) is 10.0 Å². The van der Waals surface area contributed by atoms with E-state index < -0.39 is 15.9 Å². The van der Waals surface area contributed by atoms with Crippen LogP contribution in [0.3, 0.4) is 0 Å². The molecule has 0 saturated heterocycles. The topological polar surface area (TPSA) is 98.5 Å². The van der Waals surface area contributed by atoms with Crippen molar-refractivity contribution in [3.8, 4) is 5.75 Å². The first-order valence-corrected chi connectivity index (χ1v) is 7.93. The van der Waals surface area contributed by atoms with E-state index in [-0.39, 0.29) is 22.3 Å². The number of halogens is 1. The second-order valence-corrected chi connectivity index (χ2v) is 6.27. The highest BCUT2D eigenvalue weighted by molar-refractivity contribution is 7.89. The first-order valence-electron chi connectivity index (χ1n) is 6.07. The average molecular weight is 321 g/mol. The van der Waals surface area contributed by atoms with E-state index in [4.69, 9.17) is 22.1 Å². The highest BCUT2D eigenvalue weighted by atomic mass is 35.5. The molecule has 1 amide bonds. The zero-order chi connectivity index (χ0) is 15.2. The smallest absolute Gasteiger partial charge is 0.255 e. The summed E-state index contributed by atoms with van der Waals surface area (Å²) in [6, 6.07) is 4.02. The summed E-state index contributed by atoms with van der Waals surface area (Å²) in [5, 5.41) is 0.101. The molecule has 0 unspecified atom stereocenters. The van der Waals surface area contributed by atoms with Crippen LogP contribution in [0.4, 0.5) is 0 Å². The van der Waals surface area contributed by atoms with Crippen LogP contribution in [0, 0.1) is 0 Å². The maximum atomic E-state index is 12.0. The number of hydrogen-bond donors (Lipinski definition) is 2. The molecule has 8 heteroatoms. The van der Waals surface area contributed by atoms with Crippen LogP contribution in [-0.4, -0.2) is 27.5 Å². The molecule has 0 fully saturated rings. The van der Waals surface area contributed by atoms with Gasteiger partial charge in [-0.2, -0.15) is 0 Å². The Balaban J connectivity index is 2.83. The Kier molecular flexibility index (Phi) is 6.25. The second-order valence-electron chi connectivity index (χ2n) is 4.10. The van der Waals surface area contributed by atoms with Crippen molar-refractivity contribution in [1.29, 1.82) is 0 Å². The predicted octanol–water partition coefficient (Wildman–Crippen LogP) is 1.28. The third-order valence-electron chi connectivity index (χ3n) is 2.41. The standard InChI is InChI=1S/C12H17ClN2O4S/c1-2-3-6-15-20(17,18)9-4-5-11(10(13)7-9)19-8-12(14)16/h4-5,7,15H,2-3,6,8H2,1H3,(H2,14,16). The van der Waals surface area contributed by atoms with Gasteiger partial charge in [-0.05, 0) is 24.6 Å². The van der Waals surface area contributed by atoms with Crippen LogP contribution in [0.2, 0.25) is 5.02 Å². The molecule has 0 aliphatic heterocycles. The summed E-state index contributed by atoms with van der Waals surface area (Å²) in [6.45, 7) is 2.02. The maximum Gasteiger partial charge on any atom is 0.255 e. The number of rotatable bonds is 8. The van der Waals surface area contributed by atoms with Crippen molar-refractivity contribution in [3.05, 3.63) is 23.2 Å². The average Bonchev–Trinajstić information content (AvgIpc) is 2.37. The van der Waals surface area contributed by atoms with E-state index in [0.717, 1.165) is 12.8 Å². The van der Waals surface area contributed by atoms with E-state index in [1.807, 2.05) is 6.92 Å². The van der Waals surface area contributed by atoms with Gasteiger partial charge in [0.1, 0.15) is 5.75 Å². The molecule has 0 aliphatic rings. The fraction of sp³-hybridized carbons (Fsp3) is 0.417. The van der Waals surface area contributed by atoms with Crippen molar-refractivity contribution in [2.45, 2.75) is 24.7 Å². The number of hydrogen-bond acceptors (Lipinski definition) is 4. The normalized spacial score (nSPS) is 11.3. The van der Waals surface area contributed by atoms with Gasteiger partial charge in [-0.1, -0.05) is 24.9 Å². The number of nitrogens with one attached hydrogen (secondary N) is 1. The van der Waals surface area contributed by atoms with Crippen molar-refractivity contribution in [2.75, 3.05) is 13.2 Å². The summed E-state index contributed by atoms with van der Waals surface area (Å²) in [4.78, 5) is 10.7. The largest absolute Gasteiger partial charge is 0.482 e. The molecule has 0 aliphatic carbocycles. The Morgan fingerprint density at radius 2 is 2.15 bits per heavy atom. The Morgan fingerprint density at radius 1 is 1.45 bits per heavy atom. The molecule has 20 heavy (non-hydrogen) atoms. The highest BCUT2D eigenvalue weighted by Gasteiger charge is 2.15. The van der Waals surface area contributed by atoms with E-state index in [9.17, 15) is 13.2 Å². The fourth-order valence-electron chi connectivity index (χ4n) is 1.38. The number of benzene rings is 1. The summed E-state index contributed by atoms with van der Waals surface area (Å²) in [6.07, 6.45) is 1.65. The fourth-order valence-corrected chi connectivity index (χ4v) is 2.78. The van der Waals surface area contributed by atoms with Crippen molar-refractivity contribution < 1.29 is 17.9 Å². The third kappa shape index (κ3) is 4.99. The Morgan fingerprint density at radius 3 is 2.70 bits per heavy atom. The van der Waals surface area contributed by atoms with Crippen molar-refractivity contribution in [2.24, 2.45) is 5.73 Å². The molecule has 0 bridgehead atoms. The lowest BCUT2D eigenvalue weighted by atomic mass is 10.3. The molecule has 1 aromatic rings. The Bertz CT molecular complexity index is 575. The van der Waals surface area contributed by atoms with Crippen LogP contribution in [0.5, 0.6) is 5.75 Å². The van der Waals surface area contributed by atoms with Crippen molar-refractivity contribution >= 4 is 27.5 Å². The van der Waals surface area contributed by atoms with Gasteiger partial charge in [0.05, 0.1) is 9.92 Å².